The second-order valence-corrected chi connectivity index (χ2v) is 7.90. The van der Waals surface area contributed by atoms with Gasteiger partial charge in [0, 0.05) is 25.7 Å². The van der Waals surface area contributed by atoms with E-state index in [0.29, 0.717) is 19.5 Å². The minimum Gasteiger partial charge on any atom is -0.337 e. The van der Waals surface area contributed by atoms with Crippen LogP contribution in [0.2, 0.25) is 0 Å². The van der Waals surface area contributed by atoms with E-state index >= 15 is 0 Å². The maximum atomic E-state index is 13.9. The van der Waals surface area contributed by atoms with E-state index in [4.69, 9.17) is 0 Å². The summed E-state index contributed by atoms with van der Waals surface area (Å²) in [7, 11) is 0. The normalized spacial score (nSPS) is 17.9. The molecule has 0 aromatic heterocycles. The van der Waals surface area contributed by atoms with Crippen molar-refractivity contribution in [1.82, 2.24) is 4.90 Å². The van der Waals surface area contributed by atoms with Gasteiger partial charge < -0.3 is 10.2 Å². The van der Waals surface area contributed by atoms with Gasteiger partial charge in [-0.1, -0.05) is 37.1 Å². The highest BCUT2D eigenvalue weighted by Gasteiger charge is 2.45. The van der Waals surface area contributed by atoms with Gasteiger partial charge >= 0.3 is 0 Å². The zero-order valence-corrected chi connectivity index (χ0v) is 16.1. The van der Waals surface area contributed by atoms with E-state index in [9.17, 15) is 14.0 Å². The van der Waals surface area contributed by atoms with Crippen molar-refractivity contribution in [2.45, 2.75) is 51.0 Å². The van der Waals surface area contributed by atoms with Gasteiger partial charge in [0.2, 0.25) is 11.8 Å². The van der Waals surface area contributed by atoms with E-state index in [2.05, 4.69) is 5.32 Å². The molecule has 1 heterocycles. The largest absolute Gasteiger partial charge is 0.337 e. The molecule has 146 valence electrons. The minimum absolute atomic E-state index is 0.0945. The lowest BCUT2D eigenvalue weighted by Crippen LogP contribution is -2.47. The molecule has 1 aliphatic carbocycles. The molecular formula is C23H25FN2O2. The van der Waals surface area contributed by atoms with Crippen LogP contribution < -0.4 is 5.32 Å². The summed E-state index contributed by atoms with van der Waals surface area (Å²) < 4.78 is 13.9. The van der Waals surface area contributed by atoms with Gasteiger partial charge in [-0.25, -0.2) is 4.39 Å². The number of rotatable bonds is 3. The van der Waals surface area contributed by atoms with Gasteiger partial charge in [-0.05, 0) is 54.2 Å². The Morgan fingerprint density at radius 3 is 2.57 bits per heavy atom. The van der Waals surface area contributed by atoms with E-state index in [1.165, 1.54) is 19.1 Å². The van der Waals surface area contributed by atoms with Crippen LogP contribution in [0.15, 0.2) is 42.5 Å². The van der Waals surface area contributed by atoms with E-state index in [0.717, 1.165) is 48.1 Å². The molecule has 4 nitrogen and oxygen atoms in total. The number of anilines is 1. The quantitative estimate of drug-likeness (QED) is 0.868. The van der Waals surface area contributed by atoms with Crippen LogP contribution in [0.25, 0.3) is 0 Å². The van der Waals surface area contributed by atoms with Crippen molar-refractivity contribution in [1.29, 1.82) is 0 Å². The maximum Gasteiger partial charge on any atom is 0.233 e. The maximum absolute atomic E-state index is 13.9. The number of nitrogens with one attached hydrogen (secondary N) is 1. The third kappa shape index (κ3) is 3.30. The van der Waals surface area contributed by atoms with E-state index < -0.39 is 5.41 Å². The van der Waals surface area contributed by atoms with Crippen molar-refractivity contribution < 1.29 is 14.0 Å². The van der Waals surface area contributed by atoms with E-state index in [-0.39, 0.29) is 17.6 Å². The third-order valence-electron chi connectivity index (χ3n) is 6.11. The summed E-state index contributed by atoms with van der Waals surface area (Å²) in [6.45, 7) is 2.64. The first-order chi connectivity index (χ1) is 13.5. The first-order valence-electron chi connectivity index (χ1n) is 9.93. The molecule has 0 spiro atoms. The van der Waals surface area contributed by atoms with Crippen LogP contribution in [0.4, 0.5) is 10.1 Å². The Kier molecular flexibility index (Phi) is 4.92. The highest BCUT2D eigenvalue weighted by molar-refractivity contribution is 5.91. The molecule has 1 N–H and O–H groups in total. The Hall–Kier alpha value is -2.69. The van der Waals surface area contributed by atoms with Gasteiger partial charge in [0.15, 0.2) is 0 Å². The Morgan fingerprint density at radius 2 is 1.86 bits per heavy atom. The molecule has 1 aliphatic heterocycles. The van der Waals surface area contributed by atoms with Gasteiger partial charge in [0.05, 0.1) is 5.41 Å². The van der Waals surface area contributed by atoms with Crippen molar-refractivity contribution in [3.8, 4) is 0 Å². The summed E-state index contributed by atoms with van der Waals surface area (Å²) in [5.74, 6) is -0.283. The standard InChI is InChI=1S/C23H25FN2O2/c1-16(27)25-21-9-4-6-17-15-26(13-10-20(17)21)22(28)23(11-2-3-12-23)18-7-5-8-19(24)14-18/h4-9,14H,2-3,10-13,15H2,1H3,(H,25,27). The number of benzene rings is 2. The molecule has 0 radical (unpaired) electrons. The van der Waals surface area contributed by atoms with Crippen molar-refractivity contribution in [3.05, 3.63) is 65.0 Å². The molecule has 5 heteroatoms. The number of carbonyl (C=O) groups is 2. The van der Waals surface area contributed by atoms with Crippen molar-refractivity contribution >= 4 is 17.5 Å². The van der Waals surface area contributed by atoms with Crippen LogP contribution in [-0.2, 0) is 28.0 Å². The smallest absolute Gasteiger partial charge is 0.233 e. The average Bonchev–Trinajstić information content (AvgIpc) is 3.18. The van der Waals surface area contributed by atoms with Gasteiger partial charge in [-0.15, -0.1) is 0 Å². The summed E-state index contributed by atoms with van der Waals surface area (Å²) in [5.41, 5.74) is 3.19. The Labute approximate surface area is 164 Å². The van der Waals surface area contributed by atoms with Crippen LogP contribution in [0, 0.1) is 5.82 Å². The molecular weight excluding hydrogens is 355 g/mol. The molecule has 28 heavy (non-hydrogen) atoms. The second kappa shape index (κ2) is 7.38. The fraction of sp³-hybridized carbons (Fsp3) is 0.391. The minimum atomic E-state index is -0.616. The molecule has 2 aliphatic rings. The van der Waals surface area contributed by atoms with Crippen molar-refractivity contribution in [3.63, 3.8) is 0 Å². The number of amides is 2. The summed E-state index contributed by atoms with van der Waals surface area (Å²) in [4.78, 5) is 27.0. The fourth-order valence-corrected chi connectivity index (χ4v) is 4.78. The molecule has 1 fully saturated rings. The summed E-state index contributed by atoms with van der Waals surface area (Å²) >= 11 is 0. The van der Waals surface area contributed by atoms with Crippen LogP contribution in [-0.4, -0.2) is 23.3 Å². The number of carbonyl (C=O) groups excluding carboxylic acids is 2. The summed E-state index contributed by atoms with van der Waals surface area (Å²) in [5, 5.41) is 2.89. The highest BCUT2D eigenvalue weighted by atomic mass is 19.1. The number of hydrogen-bond acceptors (Lipinski definition) is 2. The lowest BCUT2D eigenvalue weighted by molar-refractivity contribution is -0.138. The number of hydrogen-bond donors (Lipinski definition) is 1. The highest BCUT2D eigenvalue weighted by Crippen LogP contribution is 2.43. The first kappa shape index (κ1) is 18.7. The summed E-state index contributed by atoms with van der Waals surface area (Å²) in [6.07, 6.45) is 4.21. The molecule has 0 atom stereocenters. The van der Waals surface area contributed by atoms with Crippen molar-refractivity contribution in [2.24, 2.45) is 0 Å². The fourth-order valence-electron chi connectivity index (χ4n) is 4.78. The SMILES string of the molecule is CC(=O)Nc1cccc2c1CCN(C(=O)C1(c3cccc(F)c3)CCCC1)C2. The Bertz CT molecular complexity index is 919. The zero-order valence-electron chi connectivity index (χ0n) is 16.1. The predicted molar refractivity (Wildman–Crippen MR) is 106 cm³/mol. The lowest BCUT2D eigenvalue weighted by atomic mass is 9.77. The van der Waals surface area contributed by atoms with Gasteiger partial charge in [0.1, 0.15) is 5.82 Å². The van der Waals surface area contributed by atoms with Gasteiger partial charge in [0.25, 0.3) is 0 Å². The Morgan fingerprint density at radius 1 is 1.11 bits per heavy atom. The molecule has 1 saturated carbocycles. The molecule has 2 aromatic carbocycles. The first-order valence-corrected chi connectivity index (χ1v) is 9.93. The zero-order chi connectivity index (χ0) is 19.7. The Balaban J connectivity index is 1.63. The average molecular weight is 380 g/mol. The van der Waals surface area contributed by atoms with Gasteiger partial charge in [-0.3, -0.25) is 9.59 Å². The molecule has 0 bridgehead atoms. The number of nitrogens with zero attached hydrogens (tertiary/aromatic N) is 1. The van der Waals surface area contributed by atoms with Crippen molar-refractivity contribution in [2.75, 3.05) is 11.9 Å². The molecule has 2 aromatic rings. The predicted octanol–water partition coefficient (Wildman–Crippen LogP) is 4.18. The molecule has 0 saturated heterocycles. The van der Waals surface area contributed by atoms with Crippen LogP contribution in [0.5, 0.6) is 0 Å². The monoisotopic (exact) mass is 380 g/mol. The molecule has 2 amide bonds. The lowest BCUT2D eigenvalue weighted by Gasteiger charge is -2.38. The third-order valence-corrected chi connectivity index (χ3v) is 6.11. The molecule has 4 rings (SSSR count). The number of halogens is 1. The van der Waals surface area contributed by atoms with E-state index in [1.807, 2.05) is 29.2 Å². The second-order valence-electron chi connectivity index (χ2n) is 7.90. The van der Waals surface area contributed by atoms with Crippen LogP contribution in [0.1, 0.15) is 49.3 Å². The van der Waals surface area contributed by atoms with E-state index in [1.54, 1.807) is 6.07 Å². The van der Waals surface area contributed by atoms with Crippen LogP contribution >= 0.6 is 0 Å². The number of fused-ring (bicyclic) bond motifs is 1. The van der Waals surface area contributed by atoms with Gasteiger partial charge in [-0.2, -0.15) is 0 Å². The van der Waals surface area contributed by atoms with Crippen LogP contribution in [0.3, 0.4) is 0 Å². The summed E-state index contributed by atoms with van der Waals surface area (Å²) in [6, 6.07) is 12.4. The topological polar surface area (TPSA) is 49.4 Å². The molecule has 0 unspecified atom stereocenters.